The maximum absolute atomic E-state index is 14.2. The van der Waals surface area contributed by atoms with Crippen molar-refractivity contribution in [3.8, 4) is 0 Å². The number of fused-ring (bicyclic) bond motifs is 6. The number of H-pyrrole nitrogens is 2. The van der Waals surface area contributed by atoms with E-state index in [1.807, 2.05) is 36.4 Å². The smallest absolute Gasteiger partial charge is 0.227 e. The van der Waals surface area contributed by atoms with Crippen molar-refractivity contribution in [1.82, 2.24) is 9.97 Å². The van der Waals surface area contributed by atoms with Crippen LogP contribution in [0.15, 0.2) is 106 Å². The predicted molar refractivity (Wildman–Crippen MR) is 223 cm³/mol. The Hall–Kier alpha value is -5.36. The average molecular weight is 717 g/mol. The highest BCUT2D eigenvalue weighted by atomic mass is 16.1. The van der Waals surface area contributed by atoms with Crippen LogP contribution in [-0.2, 0) is 21.7 Å². The monoisotopic (exact) mass is 716 g/mol. The van der Waals surface area contributed by atoms with Gasteiger partial charge < -0.3 is 9.97 Å². The Bertz CT molecular complexity index is 2200. The number of hydrogen-bond acceptors (Lipinski definition) is 4. The van der Waals surface area contributed by atoms with Gasteiger partial charge in [0.2, 0.25) is 11.6 Å². The molecule has 6 heteroatoms. The Kier molecular flexibility index (Phi) is 8.64. The van der Waals surface area contributed by atoms with E-state index >= 15 is 0 Å². The Labute approximate surface area is 320 Å². The number of rotatable bonds is 2. The third kappa shape index (κ3) is 6.90. The fourth-order valence-electron chi connectivity index (χ4n) is 7.04. The Morgan fingerprint density at radius 1 is 0.407 bits per heavy atom. The SMILES string of the molecule is CC(C)(C)c1cc(C2=C3C=CC(=N3)C(=O)c3ccc([nH]3)C(c3cc(C(C)(C)C)cc(C(C)(C)C)c3)=C3C=CC(=N3)C(=O)c3ccc2[nH]3)cc(C(C)(C)C)c1. The molecule has 6 nitrogen and oxygen atoms in total. The first kappa shape index (κ1) is 37.0. The Morgan fingerprint density at radius 2 is 0.704 bits per heavy atom. The van der Waals surface area contributed by atoms with Gasteiger partial charge in [-0.15, -0.1) is 0 Å². The zero-order chi connectivity index (χ0) is 39.1. The molecule has 2 aromatic carbocycles. The van der Waals surface area contributed by atoms with Crippen molar-refractivity contribution in [2.75, 3.05) is 0 Å². The van der Waals surface area contributed by atoms with E-state index in [0.717, 1.165) is 33.7 Å². The van der Waals surface area contributed by atoms with E-state index in [2.05, 4.69) is 129 Å². The van der Waals surface area contributed by atoms with Crippen molar-refractivity contribution >= 4 is 34.1 Å². The quantitative estimate of drug-likeness (QED) is 0.216. The number of nitrogens with zero attached hydrogens (tertiary/aromatic N) is 2. The van der Waals surface area contributed by atoms with Crippen molar-refractivity contribution in [3.63, 3.8) is 0 Å². The summed E-state index contributed by atoms with van der Waals surface area (Å²) in [6, 6.07) is 20.9. The molecule has 0 atom stereocenters. The van der Waals surface area contributed by atoms with Crippen molar-refractivity contribution in [2.45, 2.75) is 105 Å². The molecule has 54 heavy (non-hydrogen) atoms. The first-order valence-corrected chi connectivity index (χ1v) is 18.9. The van der Waals surface area contributed by atoms with E-state index in [1.165, 1.54) is 22.3 Å². The Balaban J connectivity index is 1.46. The normalized spacial score (nSPS) is 16.5. The molecule has 8 bridgehead atoms. The van der Waals surface area contributed by atoms with Crippen LogP contribution in [-0.4, -0.2) is 33.0 Å². The summed E-state index contributed by atoms with van der Waals surface area (Å²) in [5, 5.41) is 0. The molecular weight excluding hydrogens is 665 g/mol. The molecule has 7 rings (SSSR count). The fraction of sp³-hybridized carbons (Fsp3) is 0.333. The van der Waals surface area contributed by atoms with Crippen molar-refractivity contribution < 1.29 is 9.59 Å². The molecule has 0 fully saturated rings. The van der Waals surface area contributed by atoms with Gasteiger partial charge in [0.05, 0.1) is 22.8 Å². The number of hydrogen-bond donors (Lipinski definition) is 2. The number of nitrogens with one attached hydrogen (secondary N) is 2. The van der Waals surface area contributed by atoms with Gasteiger partial charge in [0, 0.05) is 22.5 Å². The summed E-state index contributed by atoms with van der Waals surface area (Å²) >= 11 is 0. The van der Waals surface area contributed by atoms with Gasteiger partial charge in [-0.3, -0.25) is 9.59 Å². The second-order valence-corrected chi connectivity index (χ2v) is 19.0. The molecule has 4 aromatic rings. The number of allylic oxidation sites excluding steroid dienone is 4. The second-order valence-electron chi connectivity index (χ2n) is 19.0. The summed E-state index contributed by atoms with van der Waals surface area (Å²) in [5.74, 6) is -0.399. The minimum absolute atomic E-state index is 0.114. The highest BCUT2D eigenvalue weighted by Gasteiger charge is 2.29. The van der Waals surface area contributed by atoms with Crippen LogP contribution in [0, 0.1) is 0 Å². The first-order valence-electron chi connectivity index (χ1n) is 18.9. The van der Waals surface area contributed by atoms with Gasteiger partial charge in [0.1, 0.15) is 11.4 Å². The molecule has 0 aliphatic carbocycles. The van der Waals surface area contributed by atoms with Gasteiger partial charge in [-0.1, -0.05) is 119 Å². The van der Waals surface area contributed by atoms with Crippen LogP contribution in [0.1, 0.15) is 149 Å². The molecule has 3 aliphatic rings. The molecule has 0 saturated carbocycles. The van der Waals surface area contributed by atoms with E-state index in [9.17, 15) is 9.59 Å². The zero-order valence-corrected chi connectivity index (χ0v) is 33.8. The topological polar surface area (TPSA) is 90.4 Å². The third-order valence-corrected chi connectivity index (χ3v) is 10.6. The zero-order valence-electron chi connectivity index (χ0n) is 33.8. The van der Waals surface area contributed by atoms with Crippen LogP contribution < -0.4 is 0 Å². The number of ketones is 2. The molecule has 2 aromatic heterocycles. The number of Topliss-reactive ketones (excluding diaryl/α,β-unsaturated/α-hetero) is 2. The van der Waals surface area contributed by atoms with Gasteiger partial charge in [0.15, 0.2) is 0 Å². The summed E-state index contributed by atoms with van der Waals surface area (Å²) in [6.07, 6.45) is 7.39. The first-order chi connectivity index (χ1) is 25.1. The molecule has 5 heterocycles. The van der Waals surface area contributed by atoms with Gasteiger partial charge in [-0.2, -0.15) is 0 Å². The average Bonchev–Trinajstić information content (AvgIpc) is 3.91. The van der Waals surface area contributed by atoms with E-state index < -0.39 is 0 Å². The van der Waals surface area contributed by atoms with Crippen LogP contribution >= 0.6 is 0 Å². The fourth-order valence-corrected chi connectivity index (χ4v) is 7.04. The van der Waals surface area contributed by atoms with E-state index in [1.54, 1.807) is 12.2 Å². The van der Waals surface area contributed by atoms with Crippen molar-refractivity contribution in [1.29, 1.82) is 0 Å². The van der Waals surface area contributed by atoms with Crippen LogP contribution in [0.25, 0.3) is 11.1 Å². The minimum Gasteiger partial charge on any atom is -0.352 e. The Morgan fingerprint density at radius 3 is 1.00 bits per heavy atom. The minimum atomic E-state index is -0.200. The summed E-state index contributed by atoms with van der Waals surface area (Å²) in [5.41, 5.74) is 12.2. The number of aliphatic imine (C=N–C) groups is 2. The molecule has 276 valence electrons. The summed E-state index contributed by atoms with van der Waals surface area (Å²) < 4.78 is 0. The van der Waals surface area contributed by atoms with Crippen LogP contribution in [0.3, 0.4) is 0 Å². The van der Waals surface area contributed by atoms with Gasteiger partial charge in [0.25, 0.3) is 0 Å². The molecule has 3 aliphatic heterocycles. The maximum atomic E-state index is 14.2. The molecule has 0 unspecified atom stereocenters. The number of benzene rings is 2. The van der Waals surface area contributed by atoms with Gasteiger partial charge >= 0.3 is 0 Å². The van der Waals surface area contributed by atoms with Crippen molar-refractivity contribution in [3.05, 3.63) is 153 Å². The van der Waals surface area contributed by atoms with E-state index in [-0.39, 0.29) is 33.2 Å². The lowest BCUT2D eigenvalue weighted by Gasteiger charge is -2.27. The summed E-state index contributed by atoms with van der Waals surface area (Å²) in [6.45, 7) is 26.6. The number of aromatic nitrogens is 2. The number of aromatic amines is 2. The largest absolute Gasteiger partial charge is 0.352 e. The molecule has 0 amide bonds. The lowest BCUT2D eigenvalue weighted by Crippen LogP contribution is -2.17. The highest BCUT2D eigenvalue weighted by Crippen LogP contribution is 2.39. The molecule has 0 radical (unpaired) electrons. The maximum Gasteiger partial charge on any atom is 0.227 e. The second kappa shape index (κ2) is 12.6. The third-order valence-electron chi connectivity index (χ3n) is 10.6. The van der Waals surface area contributed by atoms with Crippen LogP contribution in [0.2, 0.25) is 0 Å². The van der Waals surface area contributed by atoms with E-state index in [4.69, 9.17) is 9.98 Å². The highest BCUT2D eigenvalue weighted by molar-refractivity contribution is 6.51. The van der Waals surface area contributed by atoms with E-state index in [0.29, 0.717) is 34.2 Å². The van der Waals surface area contributed by atoms with Gasteiger partial charge in [-0.05, 0) is 104 Å². The van der Waals surface area contributed by atoms with Gasteiger partial charge in [-0.25, -0.2) is 9.98 Å². The predicted octanol–water partition coefficient (Wildman–Crippen LogP) is 11.2. The summed E-state index contributed by atoms with van der Waals surface area (Å²) in [4.78, 5) is 45.3. The molecular formula is C48H52N4O2. The molecule has 0 spiro atoms. The lowest BCUT2D eigenvalue weighted by molar-refractivity contribution is 0.105. The van der Waals surface area contributed by atoms with Crippen LogP contribution in [0.5, 0.6) is 0 Å². The molecule has 2 N–H and O–H groups in total. The standard InChI is InChI=1S/C48H52N4O2/c1-45(2,3)29-21-27(22-30(25-29)46(4,5)6)41-33-13-17-37(49-33)43(53)39-19-15-35(51-39)42(28-23-31(47(7,8)9)26-32(24-28)48(10,11)12)36-16-20-40(52-36)44(54)38-18-14-34(41)50-38/h13-26,49,52H,1-12H3. The number of carbonyl (C=O) groups is 2. The van der Waals surface area contributed by atoms with Crippen molar-refractivity contribution in [2.24, 2.45) is 9.98 Å². The number of carbonyl (C=O) groups excluding carboxylic acids is 2. The van der Waals surface area contributed by atoms with Crippen LogP contribution in [0.4, 0.5) is 0 Å². The summed E-state index contributed by atoms with van der Waals surface area (Å²) in [7, 11) is 0. The molecule has 0 saturated heterocycles. The lowest BCUT2D eigenvalue weighted by atomic mass is 9.78.